The Morgan fingerprint density at radius 1 is 1.57 bits per heavy atom. The van der Waals surface area contributed by atoms with E-state index in [0.717, 1.165) is 5.92 Å². The molecule has 2 nitrogen and oxygen atoms in total. The molecule has 1 saturated carbocycles. The summed E-state index contributed by atoms with van der Waals surface area (Å²) >= 11 is 0. The van der Waals surface area contributed by atoms with E-state index >= 15 is 0 Å². The molecule has 1 unspecified atom stereocenters. The van der Waals surface area contributed by atoms with E-state index in [9.17, 15) is 0 Å². The SMILES string of the molecule is NC1[C@H]2CCN[C@@H]12. The molecule has 0 aromatic heterocycles. The lowest BCUT2D eigenvalue weighted by molar-refractivity contribution is 0.683. The van der Waals surface area contributed by atoms with Gasteiger partial charge in [-0.15, -0.1) is 0 Å². The Hall–Kier alpha value is -0.0800. The molecule has 0 radical (unpaired) electrons. The van der Waals surface area contributed by atoms with Crippen molar-refractivity contribution in [1.29, 1.82) is 0 Å². The molecule has 0 amide bonds. The third kappa shape index (κ3) is 0.359. The summed E-state index contributed by atoms with van der Waals surface area (Å²) in [4.78, 5) is 0. The summed E-state index contributed by atoms with van der Waals surface area (Å²) in [5.74, 6) is 0.847. The van der Waals surface area contributed by atoms with E-state index in [4.69, 9.17) is 5.73 Å². The van der Waals surface area contributed by atoms with Crippen molar-refractivity contribution >= 4 is 0 Å². The summed E-state index contributed by atoms with van der Waals surface area (Å²) in [7, 11) is 0. The molecule has 0 spiro atoms. The van der Waals surface area contributed by atoms with Crippen molar-refractivity contribution < 1.29 is 0 Å². The van der Waals surface area contributed by atoms with Crippen molar-refractivity contribution in [2.24, 2.45) is 11.7 Å². The normalized spacial score (nSPS) is 57.0. The number of hydrogen-bond acceptors (Lipinski definition) is 2. The molecule has 1 aliphatic heterocycles. The predicted octanol–water partition coefficient (Wildman–Crippen LogP) is -0.695. The van der Waals surface area contributed by atoms with Gasteiger partial charge in [0.25, 0.3) is 0 Å². The van der Waals surface area contributed by atoms with Gasteiger partial charge in [0.05, 0.1) is 0 Å². The third-order valence-electron chi connectivity index (χ3n) is 2.09. The quantitative estimate of drug-likeness (QED) is 0.420. The fourth-order valence-electron chi connectivity index (χ4n) is 1.48. The largest absolute Gasteiger partial charge is 0.326 e. The lowest BCUT2D eigenvalue weighted by atomic mass is 10.3. The molecule has 3 N–H and O–H groups in total. The van der Waals surface area contributed by atoms with Crippen molar-refractivity contribution in [2.45, 2.75) is 18.5 Å². The monoisotopic (exact) mass is 98.1 g/mol. The van der Waals surface area contributed by atoms with Crippen LogP contribution in [0.4, 0.5) is 0 Å². The zero-order valence-electron chi connectivity index (χ0n) is 4.22. The molecule has 2 fully saturated rings. The van der Waals surface area contributed by atoms with E-state index in [1.165, 1.54) is 13.0 Å². The van der Waals surface area contributed by atoms with Crippen LogP contribution in [0, 0.1) is 5.92 Å². The molecule has 2 aliphatic rings. The first kappa shape index (κ1) is 3.87. The molecule has 1 heterocycles. The highest BCUT2D eigenvalue weighted by atomic mass is 15.1. The van der Waals surface area contributed by atoms with E-state index in [1.54, 1.807) is 0 Å². The highest BCUT2D eigenvalue weighted by molar-refractivity contribution is 5.10. The van der Waals surface area contributed by atoms with Crippen LogP contribution >= 0.6 is 0 Å². The van der Waals surface area contributed by atoms with Crippen LogP contribution in [0.1, 0.15) is 6.42 Å². The van der Waals surface area contributed by atoms with E-state index < -0.39 is 0 Å². The van der Waals surface area contributed by atoms with Gasteiger partial charge in [-0.25, -0.2) is 0 Å². The topological polar surface area (TPSA) is 38.0 Å². The van der Waals surface area contributed by atoms with Crippen molar-refractivity contribution in [2.75, 3.05) is 6.54 Å². The molecule has 1 aliphatic carbocycles. The Kier molecular flexibility index (Phi) is 0.557. The fourth-order valence-corrected chi connectivity index (χ4v) is 1.48. The van der Waals surface area contributed by atoms with Gasteiger partial charge in [-0.3, -0.25) is 0 Å². The van der Waals surface area contributed by atoms with E-state index in [-0.39, 0.29) is 0 Å². The van der Waals surface area contributed by atoms with Crippen molar-refractivity contribution in [1.82, 2.24) is 5.32 Å². The molecule has 2 heteroatoms. The molecule has 2 rings (SSSR count). The van der Waals surface area contributed by atoms with Crippen LogP contribution in [0.25, 0.3) is 0 Å². The Morgan fingerprint density at radius 3 is 2.71 bits per heavy atom. The maximum absolute atomic E-state index is 5.61. The highest BCUT2D eigenvalue weighted by Crippen LogP contribution is 2.36. The third-order valence-corrected chi connectivity index (χ3v) is 2.09. The molecule has 0 aromatic carbocycles. The second-order valence-corrected chi connectivity index (χ2v) is 2.51. The first-order valence-corrected chi connectivity index (χ1v) is 2.88. The Labute approximate surface area is 43.1 Å². The first-order chi connectivity index (χ1) is 3.39. The van der Waals surface area contributed by atoms with Gasteiger partial charge in [0.2, 0.25) is 0 Å². The lowest BCUT2D eigenvalue weighted by Gasteiger charge is -1.93. The van der Waals surface area contributed by atoms with Crippen LogP contribution < -0.4 is 11.1 Å². The van der Waals surface area contributed by atoms with Crippen LogP contribution in [-0.2, 0) is 0 Å². The second kappa shape index (κ2) is 1.01. The zero-order valence-corrected chi connectivity index (χ0v) is 4.22. The van der Waals surface area contributed by atoms with Crippen LogP contribution in [0.2, 0.25) is 0 Å². The van der Waals surface area contributed by atoms with Gasteiger partial charge in [0.1, 0.15) is 0 Å². The number of fused-ring (bicyclic) bond motifs is 1. The van der Waals surface area contributed by atoms with Gasteiger partial charge in [0.15, 0.2) is 0 Å². The van der Waals surface area contributed by atoms with Gasteiger partial charge < -0.3 is 11.1 Å². The van der Waals surface area contributed by atoms with Crippen LogP contribution in [-0.4, -0.2) is 18.6 Å². The van der Waals surface area contributed by atoms with Crippen molar-refractivity contribution in [3.05, 3.63) is 0 Å². The molecule has 7 heavy (non-hydrogen) atoms. The van der Waals surface area contributed by atoms with Crippen LogP contribution in [0.5, 0.6) is 0 Å². The highest BCUT2D eigenvalue weighted by Gasteiger charge is 2.50. The Bertz CT molecular complexity index is 82.1. The first-order valence-electron chi connectivity index (χ1n) is 2.88. The van der Waals surface area contributed by atoms with E-state index in [2.05, 4.69) is 5.32 Å². The Morgan fingerprint density at radius 2 is 2.43 bits per heavy atom. The predicted molar refractivity (Wildman–Crippen MR) is 27.9 cm³/mol. The summed E-state index contributed by atoms with van der Waals surface area (Å²) in [6.07, 6.45) is 1.31. The minimum absolute atomic E-state index is 0.508. The average molecular weight is 98.1 g/mol. The van der Waals surface area contributed by atoms with Gasteiger partial charge in [-0.2, -0.15) is 0 Å². The molecule has 3 atom stereocenters. The smallest absolute Gasteiger partial charge is 0.0266 e. The summed E-state index contributed by atoms with van der Waals surface area (Å²) < 4.78 is 0. The standard InChI is InChI=1S/C5H10N2/c6-4-3-1-2-7-5(3)4/h3-5,7H,1-2,6H2/t3-,4?,5-/m1/s1. The van der Waals surface area contributed by atoms with Gasteiger partial charge in [-0.05, 0) is 18.9 Å². The zero-order chi connectivity index (χ0) is 4.85. The molecule has 1 saturated heterocycles. The maximum Gasteiger partial charge on any atom is 0.0266 e. The average Bonchev–Trinajstić information content (AvgIpc) is 2.26. The molecule has 40 valence electrons. The summed E-state index contributed by atoms with van der Waals surface area (Å²) in [5, 5.41) is 3.32. The number of rotatable bonds is 0. The van der Waals surface area contributed by atoms with Crippen LogP contribution in [0.3, 0.4) is 0 Å². The number of piperidine rings is 1. The Balaban J connectivity index is 2.06. The minimum Gasteiger partial charge on any atom is -0.326 e. The van der Waals surface area contributed by atoms with Gasteiger partial charge in [-0.1, -0.05) is 0 Å². The molecular weight excluding hydrogens is 88.1 g/mol. The van der Waals surface area contributed by atoms with Gasteiger partial charge >= 0.3 is 0 Å². The molecule has 0 bridgehead atoms. The number of nitrogens with one attached hydrogen (secondary N) is 1. The number of nitrogens with two attached hydrogens (primary N) is 1. The minimum atomic E-state index is 0.508. The van der Waals surface area contributed by atoms with Crippen LogP contribution in [0.15, 0.2) is 0 Å². The van der Waals surface area contributed by atoms with E-state index in [0.29, 0.717) is 12.1 Å². The summed E-state index contributed by atoms with van der Waals surface area (Å²) in [6, 6.07) is 1.22. The maximum atomic E-state index is 5.61. The fraction of sp³-hybridized carbons (Fsp3) is 1.00. The second-order valence-electron chi connectivity index (χ2n) is 2.51. The summed E-state index contributed by atoms with van der Waals surface area (Å²) in [5.41, 5.74) is 5.61. The lowest BCUT2D eigenvalue weighted by Crippen LogP contribution is -2.22. The molecule has 0 aromatic rings. The van der Waals surface area contributed by atoms with E-state index in [1.807, 2.05) is 0 Å². The number of hydrogen-bond donors (Lipinski definition) is 2. The van der Waals surface area contributed by atoms with Crippen molar-refractivity contribution in [3.63, 3.8) is 0 Å². The van der Waals surface area contributed by atoms with Crippen molar-refractivity contribution in [3.8, 4) is 0 Å². The summed E-state index contributed by atoms with van der Waals surface area (Å²) in [6.45, 7) is 1.20. The van der Waals surface area contributed by atoms with Gasteiger partial charge in [0, 0.05) is 12.1 Å². The molecular formula is C5H10N2.